The van der Waals surface area contributed by atoms with Crippen LogP contribution >= 0.6 is 11.3 Å². The highest BCUT2D eigenvalue weighted by Crippen LogP contribution is 2.32. The molecule has 1 saturated carbocycles. The summed E-state index contributed by atoms with van der Waals surface area (Å²) in [6.07, 6.45) is 5.03. The van der Waals surface area contributed by atoms with Crippen LogP contribution < -0.4 is 10.5 Å². The molecule has 0 unspecified atom stereocenters. The molecule has 4 nitrogen and oxygen atoms in total. The summed E-state index contributed by atoms with van der Waals surface area (Å²) in [6.45, 7) is 2.06. The number of hydrogen-bond donors (Lipinski definition) is 1. The van der Waals surface area contributed by atoms with E-state index in [-0.39, 0.29) is 0 Å². The molecule has 2 heterocycles. The topological polar surface area (TPSA) is 61.0 Å². The van der Waals surface area contributed by atoms with Crippen molar-refractivity contribution in [2.45, 2.75) is 38.7 Å². The van der Waals surface area contributed by atoms with Crippen LogP contribution in [-0.2, 0) is 0 Å². The fourth-order valence-electron chi connectivity index (χ4n) is 2.29. The Morgan fingerprint density at radius 1 is 1.35 bits per heavy atom. The first-order valence-electron chi connectivity index (χ1n) is 5.93. The van der Waals surface area contributed by atoms with E-state index in [4.69, 9.17) is 10.5 Å². The maximum atomic E-state index is 5.96. The van der Waals surface area contributed by atoms with Crippen molar-refractivity contribution in [1.29, 1.82) is 0 Å². The summed E-state index contributed by atoms with van der Waals surface area (Å²) in [7, 11) is 0. The number of ether oxygens (including phenoxy) is 1. The summed E-state index contributed by atoms with van der Waals surface area (Å²) in [4.78, 5) is 10.6. The van der Waals surface area contributed by atoms with Crippen molar-refractivity contribution < 1.29 is 4.74 Å². The summed E-state index contributed by atoms with van der Waals surface area (Å²) in [6, 6.07) is 2.07. The van der Waals surface area contributed by atoms with Crippen LogP contribution in [0.25, 0.3) is 10.2 Å². The van der Waals surface area contributed by atoms with E-state index >= 15 is 0 Å². The van der Waals surface area contributed by atoms with Crippen molar-refractivity contribution in [3.05, 3.63) is 10.9 Å². The van der Waals surface area contributed by atoms with Gasteiger partial charge in [-0.15, -0.1) is 11.3 Å². The Kier molecular flexibility index (Phi) is 2.63. The van der Waals surface area contributed by atoms with Crippen LogP contribution in [0.4, 0.5) is 5.95 Å². The largest absolute Gasteiger partial charge is 0.474 e. The number of nitrogen functional groups attached to an aromatic ring is 1. The van der Waals surface area contributed by atoms with E-state index in [0.717, 1.165) is 23.1 Å². The zero-order valence-electron chi connectivity index (χ0n) is 9.77. The van der Waals surface area contributed by atoms with Crippen LogP contribution in [-0.4, -0.2) is 16.1 Å². The minimum Gasteiger partial charge on any atom is -0.474 e. The fourth-order valence-corrected chi connectivity index (χ4v) is 3.16. The Hall–Kier alpha value is -1.36. The molecule has 0 amide bonds. The maximum Gasteiger partial charge on any atom is 0.227 e. The number of aryl methyl sites for hydroxylation is 1. The lowest BCUT2D eigenvalue weighted by Crippen LogP contribution is -2.12. The Morgan fingerprint density at radius 3 is 2.88 bits per heavy atom. The van der Waals surface area contributed by atoms with Crippen molar-refractivity contribution in [2.24, 2.45) is 0 Å². The van der Waals surface area contributed by atoms with E-state index in [2.05, 4.69) is 23.0 Å². The first-order valence-corrected chi connectivity index (χ1v) is 6.74. The van der Waals surface area contributed by atoms with Gasteiger partial charge in [-0.05, 0) is 38.7 Å². The van der Waals surface area contributed by atoms with Crippen molar-refractivity contribution in [3.63, 3.8) is 0 Å². The molecule has 0 aromatic carbocycles. The minimum absolute atomic E-state index is 0.298. The summed E-state index contributed by atoms with van der Waals surface area (Å²) in [5, 5.41) is 0.994. The van der Waals surface area contributed by atoms with Gasteiger partial charge in [-0.2, -0.15) is 4.98 Å². The van der Waals surface area contributed by atoms with Gasteiger partial charge in [-0.25, -0.2) is 4.98 Å². The Morgan fingerprint density at radius 2 is 2.12 bits per heavy atom. The van der Waals surface area contributed by atoms with Gasteiger partial charge in [0.15, 0.2) is 0 Å². The summed E-state index contributed by atoms with van der Waals surface area (Å²) < 4.78 is 5.96. The average Bonchev–Trinajstić information content (AvgIpc) is 2.86. The van der Waals surface area contributed by atoms with Crippen molar-refractivity contribution >= 4 is 27.5 Å². The van der Waals surface area contributed by atoms with Crippen LogP contribution in [0.2, 0.25) is 0 Å². The predicted octanol–water partition coefficient (Wildman–Crippen LogP) is 2.90. The number of hydrogen-bond acceptors (Lipinski definition) is 5. The molecule has 0 radical (unpaired) electrons. The normalized spacial score (nSPS) is 16.8. The standard InChI is InChI=1S/C12H15N3OS/c1-7-6-9-10(16-8-4-2-3-5-8)14-12(13)15-11(9)17-7/h6,8H,2-5H2,1H3,(H2,13,14,15). The smallest absolute Gasteiger partial charge is 0.227 e. The van der Waals surface area contributed by atoms with Crippen LogP contribution in [0.1, 0.15) is 30.6 Å². The minimum atomic E-state index is 0.298. The van der Waals surface area contributed by atoms with Crippen LogP contribution in [0, 0.1) is 6.92 Å². The van der Waals surface area contributed by atoms with Gasteiger partial charge in [0.2, 0.25) is 11.8 Å². The van der Waals surface area contributed by atoms with Gasteiger partial charge >= 0.3 is 0 Å². The number of nitrogens with zero attached hydrogens (tertiary/aromatic N) is 2. The van der Waals surface area contributed by atoms with E-state index in [1.54, 1.807) is 11.3 Å². The summed E-state index contributed by atoms with van der Waals surface area (Å²) >= 11 is 1.63. The molecule has 0 saturated heterocycles. The molecule has 0 spiro atoms. The lowest BCUT2D eigenvalue weighted by Gasteiger charge is -2.12. The zero-order chi connectivity index (χ0) is 11.8. The number of thiophene rings is 1. The van der Waals surface area contributed by atoms with E-state index < -0.39 is 0 Å². The second-order valence-corrected chi connectivity index (χ2v) is 5.72. The molecule has 2 aromatic rings. The summed E-state index contributed by atoms with van der Waals surface area (Å²) in [5.41, 5.74) is 5.71. The number of fused-ring (bicyclic) bond motifs is 1. The van der Waals surface area contributed by atoms with Gasteiger partial charge < -0.3 is 10.5 Å². The van der Waals surface area contributed by atoms with Crippen LogP contribution in [0.15, 0.2) is 6.07 Å². The highest BCUT2D eigenvalue weighted by atomic mass is 32.1. The number of aromatic nitrogens is 2. The quantitative estimate of drug-likeness (QED) is 0.889. The van der Waals surface area contributed by atoms with Gasteiger partial charge in [0.25, 0.3) is 0 Å². The molecule has 3 rings (SSSR count). The van der Waals surface area contributed by atoms with Crippen LogP contribution in [0.3, 0.4) is 0 Å². The van der Waals surface area contributed by atoms with Crippen molar-refractivity contribution in [3.8, 4) is 5.88 Å². The maximum absolute atomic E-state index is 5.96. The molecule has 90 valence electrons. The highest BCUT2D eigenvalue weighted by molar-refractivity contribution is 7.18. The van der Waals surface area contributed by atoms with Crippen molar-refractivity contribution in [2.75, 3.05) is 5.73 Å². The predicted molar refractivity (Wildman–Crippen MR) is 69.4 cm³/mol. The van der Waals surface area contributed by atoms with E-state index in [1.807, 2.05) is 0 Å². The lowest BCUT2D eigenvalue weighted by molar-refractivity contribution is 0.204. The third-order valence-electron chi connectivity index (χ3n) is 3.08. The summed E-state index contributed by atoms with van der Waals surface area (Å²) in [5.74, 6) is 0.955. The van der Waals surface area contributed by atoms with E-state index in [0.29, 0.717) is 17.9 Å². The van der Waals surface area contributed by atoms with E-state index in [1.165, 1.54) is 17.7 Å². The molecule has 1 aliphatic rings. The van der Waals surface area contributed by atoms with Gasteiger partial charge in [-0.1, -0.05) is 0 Å². The molecule has 1 fully saturated rings. The Bertz CT molecular complexity index is 546. The molecular formula is C12H15N3OS. The molecule has 2 aromatic heterocycles. The number of rotatable bonds is 2. The molecule has 0 bridgehead atoms. The average molecular weight is 249 g/mol. The molecular weight excluding hydrogens is 234 g/mol. The monoisotopic (exact) mass is 249 g/mol. The second-order valence-electron chi connectivity index (χ2n) is 4.49. The molecule has 17 heavy (non-hydrogen) atoms. The number of anilines is 1. The van der Waals surface area contributed by atoms with Gasteiger partial charge in [0.05, 0.1) is 5.39 Å². The van der Waals surface area contributed by atoms with Crippen molar-refractivity contribution in [1.82, 2.24) is 9.97 Å². The lowest BCUT2D eigenvalue weighted by atomic mass is 10.3. The zero-order valence-corrected chi connectivity index (χ0v) is 10.6. The van der Waals surface area contributed by atoms with Crippen LogP contribution in [0.5, 0.6) is 5.88 Å². The first kappa shape index (κ1) is 10.8. The molecule has 2 N–H and O–H groups in total. The third-order valence-corrected chi connectivity index (χ3v) is 4.02. The Balaban J connectivity index is 2.01. The molecule has 0 atom stereocenters. The number of nitrogens with two attached hydrogens (primary N) is 1. The molecule has 5 heteroatoms. The molecule has 1 aliphatic carbocycles. The van der Waals surface area contributed by atoms with Gasteiger partial charge in [0.1, 0.15) is 10.9 Å². The van der Waals surface area contributed by atoms with Gasteiger partial charge in [-0.3, -0.25) is 0 Å². The van der Waals surface area contributed by atoms with Gasteiger partial charge in [0, 0.05) is 4.88 Å². The fraction of sp³-hybridized carbons (Fsp3) is 0.500. The SMILES string of the molecule is Cc1cc2c(OC3CCCC3)nc(N)nc2s1. The molecule has 0 aliphatic heterocycles. The second kappa shape index (κ2) is 4.14. The first-order chi connectivity index (χ1) is 8.22. The Labute approximate surface area is 104 Å². The highest BCUT2D eigenvalue weighted by Gasteiger charge is 2.19. The van der Waals surface area contributed by atoms with E-state index in [9.17, 15) is 0 Å². The third kappa shape index (κ3) is 2.07.